The zero-order valence-electron chi connectivity index (χ0n) is 17.4. The number of halogens is 4. The summed E-state index contributed by atoms with van der Waals surface area (Å²) in [6, 6.07) is 16.1. The fraction of sp³-hybridized carbons (Fsp3) is 0.120. The van der Waals surface area contributed by atoms with Crippen LogP contribution in [0.15, 0.2) is 78.5 Å². The molecule has 0 saturated heterocycles. The van der Waals surface area contributed by atoms with Gasteiger partial charge in [-0.2, -0.15) is 13.2 Å². The fourth-order valence-corrected chi connectivity index (χ4v) is 3.56. The third-order valence-electron chi connectivity index (χ3n) is 5.28. The Hall–Kier alpha value is -3.94. The van der Waals surface area contributed by atoms with Gasteiger partial charge in [-0.25, -0.2) is 9.29 Å². The van der Waals surface area contributed by atoms with Crippen molar-refractivity contribution in [3.05, 3.63) is 101 Å². The molecule has 2 amide bonds. The molecule has 4 rings (SSSR count). The Morgan fingerprint density at radius 1 is 0.879 bits per heavy atom. The molecule has 1 heterocycles. The molecule has 4 nitrogen and oxygen atoms in total. The molecule has 0 spiro atoms. The minimum absolute atomic E-state index is 0.0104. The molecule has 0 unspecified atom stereocenters. The van der Waals surface area contributed by atoms with Crippen LogP contribution in [0.25, 0.3) is 5.57 Å². The molecule has 0 atom stereocenters. The summed E-state index contributed by atoms with van der Waals surface area (Å²) in [6.07, 6.45) is -3.81. The van der Waals surface area contributed by atoms with Crippen molar-refractivity contribution in [3.63, 3.8) is 0 Å². The SMILES string of the molecule is CCc1ccc(N2C(=O)C(Nc3cccc(C(F)(F)F)c3)=C(c3ccc(F)cc3)C2=O)cc1. The van der Waals surface area contributed by atoms with Crippen LogP contribution in [0.3, 0.4) is 0 Å². The molecule has 1 N–H and O–H groups in total. The van der Waals surface area contributed by atoms with Gasteiger partial charge >= 0.3 is 6.18 Å². The summed E-state index contributed by atoms with van der Waals surface area (Å²) < 4.78 is 52.9. The first-order valence-electron chi connectivity index (χ1n) is 10.1. The van der Waals surface area contributed by atoms with Crippen LogP contribution in [0.4, 0.5) is 28.9 Å². The van der Waals surface area contributed by atoms with E-state index in [4.69, 9.17) is 0 Å². The van der Waals surface area contributed by atoms with Gasteiger partial charge in [-0.15, -0.1) is 0 Å². The first kappa shape index (κ1) is 22.3. The van der Waals surface area contributed by atoms with Crippen LogP contribution in [0.1, 0.15) is 23.6 Å². The highest BCUT2D eigenvalue weighted by atomic mass is 19.4. The van der Waals surface area contributed by atoms with E-state index in [0.717, 1.165) is 41.1 Å². The van der Waals surface area contributed by atoms with Gasteiger partial charge in [0.05, 0.1) is 16.8 Å². The lowest BCUT2D eigenvalue weighted by Gasteiger charge is -2.16. The van der Waals surface area contributed by atoms with Gasteiger partial charge in [0.1, 0.15) is 11.5 Å². The van der Waals surface area contributed by atoms with Gasteiger partial charge < -0.3 is 5.32 Å². The number of nitrogens with zero attached hydrogens (tertiary/aromatic N) is 1. The van der Waals surface area contributed by atoms with Gasteiger partial charge in [-0.3, -0.25) is 9.59 Å². The van der Waals surface area contributed by atoms with Crippen LogP contribution in [-0.4, -0.2) is 11.8 Å². The molecule has 0 fully saturated rings. The molecule has 168 valence electrons. The molecule has 33 heavy (non-hydrogen) atoms. The van der Waals surface area contributed by atoms with E-state index in [9.17, 15) is 27.2 Å². The molecule has 0 saturated carbocycles. The summed E-state index contributed by atoms with van der Waals surface area (Å²) in [5.74, 6) is -1.91. The Bertz CT molecular complexity index is 1250. The Labute approximate surface area is 187 Å². The largest absolute Gasteiger partial charge is 0.416 e. The number of aryl methyl sites for hydroxylation is 1. The molecular formula is C25H18F4N2O2. The maximum absolute atomic E-state index is 13.5. The van der Waals surface area contributed by atoms with E-state index < -0.39 is 29.4 Å². The van der Waals surface area contributed by atoms with E-state index in [2.05, 4.69) is 5.32 Å². The van der Waals surface area contributed by atoms with Gasteiger partial charge in [-0.05, 0) is 60.0 Å². The summed E-state index contributed by atoms with van der Waals surface area (Å²) >= 11 is 0. The van der Waals surface area contributed by atoms with E-state index >= 15 is 0 Å². The van der Waals surface area contributed by atoms with Crippen molar-refractivity contribution < 1.29 is 27.2 Å². The lowest BCUT2D eigenvalue weighted by atomic mass is 10.0. The number of alkyl halides is 3. The van der Waals surface area contributed by atoms with Crippen molar-refractivity contribution in [2.24, 2.45) is 0 Å². The maximum atomic E-state index is 13.5. The minimum atomic E-state index is -4.57. The van der Waals surface area contributed by atoms with Gasteiger partial charge in [-0.1, -0.05) is 37.3 Å². The highest BCUT2D eigenvalue weighted by molar-refractivity contribution is 6.46. The number of carbonyl (C=O) groups is 2. The second kappa shape index (κ2) is 8.54. The number of benzene rings is 3. The second-order valence-corrected chi connectivity index (χ2v) is 7.43. The number of nitrogens with one attached hydrogen (secondary N) is 1. The summed E-state index contributed by atoms with van der Waals surface area (Å²) in [4.78, 5) is 27.6. The van der Waals surface area contributed by atoms with E-state index in [1.165, 1.54) is 24.3 Å². The Balaban J connectivity index is 1.79. The molecule has 1 aliphatic heterocycles. The number of imide groups is 1. The van der Waals surface area contributed by atoms with Crippen molar-refractivity contribution in [1.29, 1.82) is 0 Å². The van der Waals surface area contributed by atoms with Crippen LogP contribution in [-0.2, 0) is 22.2 Å². The van der Waals surface area contributed by atoms with Crippen LogP contribution >= 0.6 is 0 Å². The smallest absolute Gasteiger partial charge is 0.350 e. The van der Waals surface area contributed by atoms with Crippen molar-refractivity contribution in [2.75, 3.05) is 10.2 Å². The number of anilines is 2. The molecule has 3 aromatic rings. The minimum Gasteiger partial charge on any atom is -0.350 e. The van der Waals surface area contributed by atoms with Crippen molar-refractivity contribution in [1.82, 2.24) is 0 Å². The van der Waals surface area contributed by atoms with Gasteiger partial charge in [0.2, 0.25) is 0 Å². The second-order valence-electron chi connectivity index (χ2n) is 7.43. The molecule has 0 radical (unpaired) electrons. The third kappa shape index (κ3) is 4.37. The van der Waals surface area contributed by atoms with E-state index in [1.54, 1.807) is 24.3 Å². The molecule has 1 aliphatic rings. The predicted octanol–water partition coefficient (Wildman–Crippen LogP) is 5.80. The number of hydrogen-bond acceptors (Lipinski definition) is 3. The summed E-state index contributed by atoms with van der Waals surface area (Å²) in [5, 5.41) is 2.69. The standard InChI is InChI=1S/C25H18F4N2O2/c1-2-15-6-12-20(13-7-15)31-23(32)21(16-8-10-18(26)11-9-16)22(24(31)33)30-19-5-3-4-17(14-19)25(27,28)29/h3-14,30H,2H2,1H3. The Kier molecular flexibility index (Phi) is 5.76. The van der Waals surface area contributed by atoms with E-state index in [0.29, 0.717) is 5.69 Å². The lowest BCUT2D eigenvalue weighted by molar-refractivity contribution is -0.137. The van der Waals surface area contributed by atoms with Gasteiger partial charge in [0, 0.05) is 5.69 Å². The van der Waals surface area contributed by atoms with Crippen molar-refractivity contribution in [2.45, 2.75) is 19.5 Å². The molecular weight excluding hydrogens is 436 g/mol. The van der Waals surface area contributed by atoms with Crippen molar-refractivity contribution in [3.8, 4) is 0 Å². The van der Waals surface area contributed by atoms with Gasteiger partial charge in [0.25, 0.3) is 11.8 Å². The highest BCUT2D eigenvalue weighted by Crippen LogP contribution is 2.35. The van der Waals surface area contributed by atoms with Gasteiger partial charge in [0.15, 0.2) is 0 Å². The van der Waals surface area contributed by atoms with Crippen LogP contribution in [0, 0.1) is 5.82 Å². The Morgan fingerprint density at radius 2 is 1.55 bits per heavy atom. The molecule has 3 aromatic carbocycles. The average molecular weight is 454 g/mol. The lowest BCUT2D eigenvalue weighted by Crippen LogP contribution is -2.32. The monoisotopic (exact) mass is 454 g/mol. The third-order valence-corrected chi connectivity index (χ3v) is 5.28. The number of amides is 2. The number of carbonyl (C=O) groups excluding carboxylic acids is 2. The first-order valence-corrected chi connectivity index (χ1v) is 10.1. The maximum Gasteiger partial charge on any atom is 0.416 e. The highest BCUT2D eigenvalue weighted by Gasteiger charge is 2.40. The summed E-state index contributed by atoms with van der Waals surface area (Å²) in [5.41, 5.74) is 0.429. The zero-order chi connectivity index (χ0) is 23.8. The van der Waals surface area contributed by atoms with E-state index in [-0.39, 0.29) is 22.5 Å². The topological polar surface area (TPSA) is 49.4 Å². The van der Waals surface area contributed by atoms with Crippen molar-refractivity contribution >= 4 is 28.8 Å². The summed E-state index contributed by atoms with van der Waals surface area (Å²) in [7, 11) is 0. The number of rotatable bonds is 5. The first-order chi connectivity index (χ1) is 15.7. The quantitative estimate of drug-likeness (QED) is 0.391. The summed E-state index contributed by atoms with van der Waals surface area (Å²) in [6.45, 7) is 1.96. The molecule has 0 aromatic heterocycles. The van der Waals surface area contributed by atoms with Crippen LogP contribution in [0.5, 0.6) is 0 Å². The fourth-order valence-electron chi connectivity index (χ4n) is 3.56. The van der Waals surface area contributed by atoms with Crippen LogP contribution < -0.4 is 10.2 Å². The molecule has 8 heteroatoms. The molecule has 0 bridgehead atoms. The molecule has 0 aliphatic carbocycles. The Morgan fingerprint density at radius 3 is 2.15 bits per heavy atom. The average Bonchev–Trinajstić information content (AvgIpc) is 3.03. The predicted molar refractivity (Wildman–Crippen MR) is 117 cm³/mol. The number of hydrogen-bond donors (Lipinski definition) is 1. The van der Waals surface area contributed by atoms with E-state index in [1.807, 2.05) is 6.92 Å². The zero-order valence-corrected chi connectivity index (χ0v) is 17.4. The van der Waals surface area contributed by atoms with Crippen LogP contribution in [0.2, 0.25) is 0 Å². The normalized spacial score (nSPS) is 14.3.